The Balaban J connectivity index is 2.19. The van der Waals surface area contributed by atoms with Gasteiger partial charge in [-0.05, 0) is 38.1 Å². The van der Waals surface area contributed by atoms with E-state index in [1.165, 1.54) is 0 Å². The van der Waals surface area contributed by atoms with Crippen LogP contribution in [0.3, 0.4) is 0 Å². The Hall–Kier alpha value is -2.95. The summed E-state index contributed by atoms with van der Waals surface area (Å²) in [5.41, 5.74) is 5.31. The summed E-state index contributed by atoms with van der Waals surface area (Å²) in [6, 6.07) is 9.77. The first kappa shape index (κ1) is 13.7. The van der Waals surface area contributed by atoms with E-state index in [-0.39, 0.29) is 5.56 Å². The van der Waals surface area contributed by atoms with Crippen molar-refractivity contribution in [1.29, 1.82) is 0 Å². The molecule has 0 atom stereocenters. The van der Waals surface area contributed by atoms with Gasteiger partial charge in [0.25, 0.3) is 5.56 Å². The molecular formula is C18H16N4O. The quantitative estimate of drug-likeness (QED) is 0.543. The number of pyridine rings is 1. The first-order chi connectivity index (χ1) is 11.1. The number of hydrogen-bond acceptors (Lipinski definition) is 3. The van der Waals surface area contributed by atoms with Crippen LogP contribution in [0.4, 0.5) is 0 Å². The number of fused-ring (bicyclic) bond motifs is 3. The lowest BCUT2D eigenvalue weighted by atomic mass is 10.1. The fourth-order valence-corrected chi connectivity index (χ4v) is 3.07. The van der Waals surface area contributed by atoms with Crippen molar-refractivity contribution in [2.45, 2.75) is 13.8 Å². The number of nitrogens with zero attached hydrogens (tertiary/aromatic N) is 4. The van der Waals surface area contributed by atoms with E-state index < -0.39 is 0 Å². The Morgan fingerprint density at radius 2 is 1.91 bits per heavy atom. The molecule has 23 heavy (non-hydrogen) atoms. The predicted octanol–water partition coefficient (Wildman–Crippen LogP) is 2.87. The van der Waals surface area contributed by atoms with Crippen molar-refractivity contribution >= 4 is 16.6 Å². The molecule has 0 saturated carbocycles. The number of aryl methyl sites for hydroxylation is 3. The third-order valence-corrected chi connectivity index (χ3v) is 4.27. The van der Waals surface area contributed by atoms with Crippen LogP contribution in [0.1, 0.15) is 11.3 Å². The van der Waals surface area contributed by atoms with Crippen LogP contribution < -0.4 is 5.56 Å². The summed E-state index contributed by atoms with van der Waals surface area (Å²) in [5, 5.41) is 0.701. The maximum absolute atomic E-state index is 12.8. The van der Waals surface area contributed by atoms with Crippen LogP contribution in [0.5, 0.6) is 0 Å². The van der Waals surface area contributed by atoms with E-state index in [4.69, 9.17) is 0 Å². The van der Waals surface area contributed by atoms with Gasteiger partial charge in [0, 0.05) is 24.5 Å². The van der Waals surface area contributed by atoms with Gasteiger partial charge in [0.15, 0.2) is 0 Å². The van der Waals surface area contributed by atoms with E-state index >= 15 is 0 Å². The summed E-state index contributed by atoms with van der Waals surface area (Å²) < 4.78 is 3.63. The molecule has 0 aliphatic rings. The summed E-state index contributed by atoms with van der Waals surface area (Å²) in [7, 11) is 1.79. The average molecular weight is 304 g/mol. The van der Waals surface area contributed by atoms with Crippen LogP contribution in [0.15, 0.2) is 47.7 Å². The maximum Gasteiger partial charge on any atom is 0.261 e. The molecule has 0 spiro atoms. The second kappa shape index (κ2) is 4.78. The molecule has 3 heterocycles. The van der Waals surface area contributed by atoms with Gasteiger partial charge in [0.2, 0.25) is 0 Å². The number of rotatable bonds is 1. The Morgan fingerprint density at radius 1 is 1.09 bits per heavy atom. The van der Waals surface area contributed by atoms with Gasteiger partial charge in [-0.25, -0.2) is 4.98 Å². The third kappa shape index (κ3) is 1.90. The van der Waals surface area contributed by atoms with Crippen LogP contribution in [-0.4, -0.2) is 18.9 Å². The second-order valence-electron chi connectivity index (χ2n) is 5.81. The lowest BCUT2D eigenvalue weighted by Gasteiger charge is -2.10. The molecule has 4 rings (SSSR count). The maximum atomic E-state index is 12.8. The molecule has 5 heteroatoms. The molecule has 0 fully saturated rings. The minimum atomic E-state index is -0.0144. The van der Waals surface area contributed by atoms with Gasteiger partial charge in [-0.3, -0.25) is 18.7 Å². The Morgan fingerprint density at radius 3 is 2.70 bits per heavy atom. The molecule has 0 bridgehead atoms. The number of imidazole rings is 1. The minimum absolute atomic E-state index is 0.0144. The topological polar surface area (TPSA) is 52.2 Å². The fraction of sp³-hybridized carbons (Fsp3) is 0.167. The number of benzene rings is 1. The highest BCUT2D eigenvalue weighted by atomic mass is 16.1. The Labute approximate surface area is 132 Å². The van der Waals surface area contributed by atoms with E-state index in [0.29, 0.717) is 5.39 Å². The standard InChI is InChI=1S/C18H16N4O/c1-11-6-7-15-14(9-11)18(23)21(3)17-16(20-10-22(15)17)13-5-4-8-19-12(13)2/h4-10H,1-3H3. The van der Waals surface area contributed by atoms with Crippen LogP contribution in [0, 0.1) is 13.8 Å². The van der Waals surface area contributed by atoms with E-state index in [2.05, 4.69) is 9.97 Å². The van der Waals surface area contributed by atoms with E-state index in [1.54, 1.807) is 24.1 Å². The normalized spacial score (nSPS) is 11.4. The fourth-order valence-electron chi connectivity index (χ4n) is 3.07. The monoisotopic (exact) mass is 304 g/mol. The molecule has 0 radical (unpaired) electrons. The van der Waals surface area contributed by atoms with Crippen LogP contribution >= 0.6 is 0 Å². The summed E-state index contributed by atoms with van der Waals surface area (Å²) in [4.78, 5) is 21.7. The van der Waals surface area contributed by atoms with Gasteiger partial charge < -0.3 is 0 Å². The Kier molecular flexibility index (Phi) is 2.84. The first-order valence-electron chi connectivity index (χ1n) is 7.46. The lowest BCUT2D eigenvalue weighted by molar-refractivity contribution is 0.882. The van der Waals surface area contributed by atoms with Crippen molar-refractivity contribution < 1.29 is 0 Å². The average Bonchev–Trinajstić information content (AvgIpc) is 2.98. The van der Waals surface area contributed by atoms with Gasteiger partial charge in [0.05, 0.1) is 10.9 Å². The largest absolute Gasteiger partial charge is 0.295 e. The Bertz CT molecular complexity index is 1120. The van der Waals surface area contributed by atoms with E-state index in [9.17, 15) is 4.79 Å². The van der Waals surface area contributed by atoms with Crippen molar-refractivity contribution in [3.05, 3.63) is 64.5 Å². The smallest absolute Gasteiger partial charge is 0.261 e. The van der Waals surface area contributed by atoms with Crippen molar-refractivity contribution in [3.8, 4) is 11.3 Å². The van der Waals surface area contributed by atoms with Gasteiger partial charge in [-0.2, -0.15) is 0 Å². The molecular weight excluding hydrogens is 288 g/mol. The third-order valence-electron chi connectivity index (χ3n) is 4.27. The van der Waals surface area contributed by atoms with E-state index in [1.807, 2.05) is 48.6 Å². The van der Waals surface area contributed by atoms with Gasteiger partial charge >= 0.3 is 0 Å². The molecule has 0 unspecified atom stereocenters. The molecule has 0 N–H and O–H groups in total. The van der Waals surface area contributed by atoms with Crippen molar-refractivity contribution in [1.82, 2.24) is 18.9 Å². The minimum Gasteiger partial charge on any atom is -0.295 e. The zero-order valence-corrected chi connectivity index (χ0v) is 13.2. The summed E-state index contributed by atoms with van der Waals surface area (Å²) in [6.07, 6.45) is 3.53. The molecule has 5 nitrogen and oxygen atoms in total. The van der Waals surface area contributed by atoms with Gasteiger partial charge in [-0.1, -0.05) is 11.6 Å². The van der Waals surface area contributed by atoms with Gasteiger partial charge in [0.1, 0.15) is 17.7 Å². The molecule has 1 aromatic carbocycles. The van der Waals surface area contributed by atoms with Crippen molar-refractivity contribution in [3.63, 3.8) is 0 Å². The van der Waals surface area contributed by atoms with Gasteiger partial charge in [-0.15, -0.1) is 0 Å². The highest BCUT2D eigenvalue weighted by Crippen LogP contribution is 2.26. The zero-order valence-electron chi connectivity index (χ0n) is 13.2. The highest BCUT2D eigenvalue weighted by molar-refractivity contribution is 5.86. The highest BCUT2D eigenvalue weighted by Gasteiger charge is 2.16. The SMILES string of the molecule is Cc1ccc2c(c1)c(=O)n(C)c1c(-c3cccnc3C)ncn21. The number of hydrogen-bond donors (Lipinski definition) is 0. The molecule has 4 aromatic rings. The van der Waals surface area contributed by atoms with Crippen LogP contribution in [0.2, 0.25) is 0 Å². The zero-order chi connectivity index (χ0) is 16.1. The van der Waals surface area contributed by atoms with E-state index in [0.717, 1.165) is 33.7 Å². The van der Waals surface area contributed by atoms with Crippen LogP contribution in [0.25, 0.3) is 27.8 Å². The molecule has 0 amide bonds. The molecule has 0 aliphatic heterocycles. The molecule has 0 saturated heterocycles. The summed E-state index contributed by atoms with van der Waals surface area (Å²) in [5.74, 6) is 0. The second-order valence-corrected chi connectivity index (χ2v) is 5.81. The molecule has 0 aliphatic carbocycles. The first-order valence-corrected chi connectivity index (χ1v) is 7.46. The van der Waals surface area contributed by atoms with Crippen LogP contribution in [-0.2, 0) is 7.05 Å². The number of aromatic nitrogens is 4. The molecule has 3 aromatic heterocycles. The van der Waals surface area contributed by atoms with Crippen molar-refractivity contribution in [2.24, 2.45) is 7.05 Å². The molecule has 114 valence electrons. The van der Waals surface area contributed by atoms with Crippen molar-refractivity contribution in [2.75, 3.05) is 0 Å². The summed E-state index contributed by atoms with van der Waals surface area (Å²) >= 11 is 0. The lowest BCUT2D eigenvalue weighted by Crippen LogP contribution is -2.19. The summed E-state index contributed by atoms with van der Waals surface area (Å²) in [6.45, 7) is 3.93. The predicted molar refractivity (Wildman–Crippen MR) is 90.6 cm³/mol.